The maximum Gasteiger partial charge on any atom is 0.222 e. The van der Waals surface area contributed by atoms with Gasteiger partial charge in [-0.15, -0.1) is 0 Å². The molecule has 0 aromatic rings. The van der Waals surface area contributed by atoms with Crippen LogP contribution in [0, 0.1) is 5.92 Å². The number of rotatable bonds is 2. The largest absolute Gasteiger partial charge is 0.391 e. The maximum atomic E-state index is 11.4. The van der Waals surface area contributed by atoms with E-state index in [0.29, 0.717) is 0 Å². The molecule has 14 heavy (non-hydrogen) atoms. The van der Waals surface area contributed by atoms with Crippen molar-refractivity contribution >= 4 is 5.91 Å². The average Bonchev–Trinajstić information content (AvgIpc) is 2.32. The average molecular weight is 199 g/mol. The monoisotopic (exact) mass is 199 g/mol. The van der Waals surface area contributed by atoms with E-state index in [1.54, 1.807) is 0 Å². The van der Waals surface area contributed by atoms with Crippen LogP contribution in [0.1, 0.15) is 46.0 Å². The lowest BCUT2D eigenvalue weighted by molar-refractivity contribution is -0.125. The number of carbonyl (C=O) groups is 1. The molecule has 0 saturated heterocycles. The van der Waals surface area contributed by atoms with E-state index in [-0.39, 0.29) is 24.0 Å². The molecule has 2 atom stereocenters. The van der Waals surface area contributed by atoms with Gasteiger partial charge in [0, 0.05) is 5.92 Å². The van der Waals surface area contributed by atoms with Crippen molar-refractivity contribution in [2.45, 2.75) is 58.1 Å². The van der Waals surface area contributed by atoms with Gasteiger partial charge < -0.3 is 10.4 Å². The van der Waals surface area contributed by atoms with Gasteiger partial charge >= 0.3 is 0 Å². The first kappa shape index (κ1) is 11.5. The fourth-order valence-corrected chi connectivity index (χ4v) is 1.81. The van der Waals surface area contributed by atoms with E-state index < -0.39 is 0 Å². The van der Waals surface area contributed by atoms with Crippen LogP contribution in [0.3, 0.4) is 0 Å². The number of aliphatic hydroxyl groups excluding tert-OH is 1. The molecule has 0 bridgehead atoms. The SMILES string of the molecule is CC(C)C(=O)NC1CCCCCC1O. The third-order valence-corrected chi connectivity index (χ3v) is 2.83. The van der Waals surface area contributed by atoms with Crippen molar-refractivity contribution in [2.75, 3.05) is 0 Å². The molecule has 0 heterocycles. The van der Waals surface area contributed by atoms with Crippen molar-refractivity contribution < 1.29 is 9.90 Å². The lowest BCUT2D eigenvalue weighted by Gasteiger charge is -2.22. The first-order valence-corrected chi connectivity index (χ1v) is 5.59. The number of carbonyl (C=O) groups excluding carboxylic acids is 1. The molecule has 2 N–H and O–H groups in total. The summed E-state index contributed by atoms with van der Waals surface area (Å²) in [5, 5.41) is 12.7. The van der Waals surface area contributed by atoms with Gasteiger partial charge in [-0.1, -0.05) is 33.1 Å². The van der Waals surface area contributed by atoms with E-state index in [1.165, 1.54) is 6.42 Å². The molecule has 1 rings (SSSR count). The van der Waals surface area contributed by atoms with E-state index in [0.717, 1.165) is 25.7 Å². The molecular weight excluding hydrogens is 178 g/mol. The lowest BCUT2D eigenvalue weighted by atomic mass is 10.1. The second-order valence-corrected chi connectivity index (χ2v) is 4.48. The summed E-state index contributed by atoms with van der Waals surface area (Å²) in [6.07, 6.45) is 4.75. The van der Waals surface area contributed by atoms with Crippen molar-refractivity contribution in [3.8, 4) is 0 Å². The molecule has 1 amide bonds. The highest BCUT2D eigenvalue weighted by atomic mass is 16.3. The van der Waals surface area contributed by atoms with Crippen molar-refractivity contribution in [2.24, 2.45) is 5.92 Å². The minimum Gasteiger partial charge on any atom is -0.391 e. The van der Waals surface area contributed by atoms with Crippen LogP contribution < -0.4 is 5.32 Å². The van der Waals surface area contributed by atoms with Crippen LogP contribution >= 0.6 is 0 Å². The number of amides is 1. The summed E-state index contributed by atoms with van der Waals surface area (Å²) in [5.74, 6) is 0.0569. The minimum atomic E-state index is -0.347. The van der Waals surface area contributed by atoms with E-state index >= 15 is 0 Å². The van der Waals surface area contributed by atoms with Gasteiger partial charge in [0.05, 0.1) is 12.1 Å². The summed E-state index contributed by atoms with van der Waals surface area (Å²) < 4.78 is 0. The van der Waals surface area contributed by atoms with Crippen LogP contribution in [-0.4, -0.2) is 23.2 Å². The van der Waals surface area contributed by atoms with Crippen molar-refractivity contribution in [1.29, 1.82) is 0 Å². The highest BCUT2D eigenvalue weighted by Crippen LogP contribution is 2.18. The fourth-order valence-electron chi connectivity index (χ4n) is 1.81. The smallest absolute Gasteiger partial charge is 0.222 e. The normalized spacial score (nSPS) is 28.6. The topological polar surface area (TPSA) is 49.3 Å². The van der Waals surface area contributed by atoms with Gasteiger partial charge in [-0.25, -0.2) is 0 Å². The highest BCUT2D eigenvalue weighted by Gasteiger charge is 2.23. The van der Waals surface area contributed by atoms with Gasteiger partial charge in [-0.2, -0.15) is 0 Å². The Labute approximate surface area is 85.9 Å². The second kappa shape index (κ2) is 5.35. The van der Waals surface area contributed by atoms with Gasteiger partial charge in [0.1, 0.15) is 0 Å². The summed E-state index contributed by atoms with van der Waals surface area (Å²) in [7, 11) is 0. The standard InChI is InChI=1S/C11H21NO2/c1-8(2)11(14)12-9-6-4-3-5-7-10(9)13/h8-10,13H,3-7H2,1-2H3,(H,12,14). The predicted octanol–water partition coefficient (Wildman–Crippen LogP) is 1.45. The summed E-state index contributed by atoms with van der Waals surface area (Å²) in [6, 6.07) is -0.0209. The predicted molar refractivity (Wildman–Crippen MR) is 55.9 cm³/mol. The Balaban J connectivity index is 2.44. The van der Waals surface area contributed by atoms with Crippen LogP contribution in [0.2, 0.25) is 0 Å². The van der Waals surface area contributed by atoms with E-state index in [9.17, 15) is 9.90 Å². The quantitative estimate of drug-likeness (QED) is 0.661. The van der Waals surface area contributed by atoms with Crippen molar-refractivity contribution in [1.82, 2.24) is 5.32 Å². The Morgan fingerprint density at radius 2 is 1.93 bits per heavy atom. The van der Waals surface area contributed by atoms with Crippen molar-refractivity contribution in [3.05, 3.63) is 0 Å². The minimum absolute atomic E-state index is 0.00505. The maximum absolute atomic E-state index is 11.4. The summed E-state index contributed by atoms with van der Waals surface area (Å²) in [6.45, 7) is 3.75. The van der Waals surface area contributed by atoms with Crippen molar-refractivity contribution in [3.63, 3.8) is 0 Å². The summed E-state index contributed by atoms with van der Waals surface area (Å²) in [4.78, 5) is 11.4. The summed E-state index contributed by atoms with van der Waals surface area (Å²) in [5.41, 5.74) is 0. The zero-order valence-corrected chi connectivity index (χ0v) is 9.12. The number of hydrogen-bond acceptors (Lipinski definition) is 2. The van der Waals surface area contributed by atoms with Gasteiger partial charge in [0.25, 0.3) is 0 Å². The van der Waals surface area contributed by atoms with Gasteiger partial charge in [0.15, 0.2) is 0 Å². The molecule has 0 aromatic carbocycles. The molecular formula is C11H21NO2. The third-order valence-electron chi connectivity index (χ3n) is 2.83. The molecule has 1 aliphatic rings. The fraction of sp³-hybridized carbons (Fsp3) is 0.909. The van der Waals surface area contributed by atoms with Gasteiger partial charge in [-0.3, -0.25) is 4.79 Å². The van der Waals surface area contributed by atoms with Crippen LogP contribution in [0.4, 0.5) is 0 Å². The van der Waals surface area contributed by atoms with E-state index in [1.807, 2.05) is 13.8 Å². The van der Waals surface area contributed by atoms with E-state index in [4.69, 9.17) is 0 Å². The zero-order chi connectivity index (χ0) is 10.6. The first-order chi connectivity index (χ1) is 6.61. The number of nitrogens with one attached hydrogen (secondary N) is 1. The van der Waals surface area contributed by atoms with Crippen LogP contribution in [0.25, 0.3) is 0 Å². The molecule has 2 unspecified atom stereocenters. The van der Waals surface area contributed by atoms with Gasteiger partial charge in [0.2, 0.25) is 5.91 Å². The second-order valence-electron chi connectivity index (χ2n) is 4.48. The molecule has 1 fully saturated rings. The number of aliphatic hydroxyl groups is 1. The lowest BCUT2D eigenvalue weighted by Crippen LogP contribution is -2.44. The molecule has 1 saturated carbocycles. The Hall–Kier alpha value is -0.570. The third kappa shape index (κ3) is 3.29. The van der Waals surface area contributed by atoms with Crippen LogP contribution in [0.15, 0.2) is 0 Å². The molecule has 0 aliphatic heterocycles. The molecule has 1 aliphatic carbocycles. The number of hydrogen-bond donors (Lipinski definition) is 2. The highest BCUT2D eigenvalue weighted by molar-refractivity contribution is 5.78. The zero-order valence-electron chi connectivity index (χ0n) is 9.12. The molecule has 3 heteroatoms. The van der Waals surface area contributed by atoms with Crippen LogP contribution in [-0.2, 0) is 4.79 Å². The Kier molecular flexibility index (Phi) is 4.39. The Morgan fingerprint density at radius 3 is 2.57 bits per heavy atom. The van der Waals surface area contributed by atoms with E-state index in [2.05, 4.69) is 5.32 Å². The van der Waals surface area contributed by atoms with Gasteiger partial charge in [-0.05, 0) is 12.8 Å². The summed E-state index contributed by atoms with van der Waals surface area (Å²) >= 11 is 0. The molecule has 82 valence electrons. The molecule has 0 radical (unpaired) electrons. The first-order valence-electron chi connectivity index (χ1n) is 5.59. The Morgan fingerprint density at radius 1 is 1.29 bits per heavy atom. The molecule has 3 nitrogen and oxygen atoms in total. The van der Waals surface area contributed by atoms with Crippen LogP contribution in [0.5, 0.6) is 0 Å². The molecule has 0 aromatic heterocycles. The Bertz CT molecular complexity index is 192. The molecule has 0 spiro atoms.